The van der Waals surface area contributed by atoms with Crippen molar-refractivity contribution in [2.75, 3.05) is 6.61 Å². The van der Waals surface area contributed by atoms with Crippen LogP contribution in [0.5, 0.6) is 17.2 Å². The van der Waals surface area contributed by atoms with Crippen LogP contribution >= 0.6 is 0 Å². The van der Waals surface area contributed by atoms with Crippen LogP contribution in [0.3, 0.4) is 0 Å². The number of benzene rings is 3. The number of hydrogen-bond acceptors (Lipinski definition) is 5. The molecule has 0 amide bonds. The fourth-order valence-corrected chi connectivity index (χ4v) is 3.84. The SMILES string of the molecule is Cc1cc(OCc2cn(-c3ccc(OC(C)C)cc3)c(-c3ccc(C(F)(F)F)cc3)n2)ccc1OCC(=O)O. The van der Waals surface area contributed by atoms with Crippen molar-refractivity contribution >= 4 is 5.97 Å². The molecule has 1 N–H and O–H groups in total. The van der Waals surface area contributed by atoms with Gasteiger partial charge >= 0.3 is 12.1 Å². The minimum atomic E-state index is -4.44. The fourth-order valence-electron chi connectivity index (χ4n) is 3.84. The molecule has 0 radical (unpaired) electrons. The number of hydrogen-bond donors (Lipinski definition) is 1. The third-order valence-corrected chi connectivity index (χ3v) is 5.60. The summed E-state index contributed by atoms with van der Waals surface area (Å²) in [5, 5.41) is 8.80. The van der Waals surface area contributed by atoms with Gasteiger partial charge < -0.3 is 19.3 Å². The summed E-state index contributed by atoms with van der Waals surface area (Å²) in [6.07, 6.45) is -2.66. The largest absolute Gasteiger partial charge is 0.491 e. The quantitative estimate of drug-likeness (QED) is 0.241. The molecule has 0 fully saturated rings. The highest BCUT2D eigenvalue weighted by Crippen LogP contribution is 2.32. The molecule has 3 aromatic carbocycles. The lowest BCUT2D eigenvalue weighted by atomic mass is 10.1. The van der Waals surface area contributed by atoms with E-state index in [1.54, 1.807) is 35.9 Å². The molecule has 1 heterocycles. The Kier molecular flexibility index (Phi) is 8.13. The number of carboxylic acid groups (broad SMARTS) is 1. The fraction of sp³-hybridized carbons (Fsp3) is 0.241. The number of carboxylic acids is 1. The maximum atomic E-state index is 13.1. The van der Waals surface area contributed by atoms with Crippen LogP contribution < -0.4 is 14.2 Å². The molecule has 204 valence electrons. The molecular weight excluding hydrogens is 513 g/mol. The highest BCUT2D eigenvalue weighted by Gasteiger charge is 2.30. The predicted octanol–water partition coefficient (Wildman–Crippen LogP) is 6.70. The average Bonchev–Trinajstić information content (AvgIpc) is 3.31. The number of carbonyl (C=O) groups is 1. The van der Waals surface area contributed by atoms with E-state index in [1.165, 1.54) is 12.1 Å². The van der Waals surface area contributed by atoms with Gasteiger partial charge in [-0.05, 0) is 80.9 Å². The zero-order chi connectivity index (χ0) is 28.2. The first kappa shape index (κ1) is 27.6. The smallest absolute Gasteiger partial charge is 0.416 e. The molecule has 4 rings (SSSR count). The Morgan fingerprint density at radius 2 is 1.64 bits per heavy atom. The third-order valence-electron chi connectivity index (χ3n) is 5.60. The van der Waals surface area contributed by atoms with Crippen LogP contribution in [0.4, 0.5) is 13.2 Å². The first-order chi connectivity index (χ1) is 18.5. The van der Waals surface area contributed by atoms with Crippen molar-refractivity contribution in [2.24, 2.45) is 0 Å². The van der Waals surface area contributed by atoms with Crippen LogP contribution in [-0.4, -0.2) is 33.3 Å². The summed E-state index contributed by atoms with van der Waals surface area (Å²) >= 11 is 0. The second-order valence-electron chi connectivity index (χ2n) is 9.06. The Labute approximate surface area is 223 Å². The molecule has 0 aliphatic rings. The van der Waals surface area contributed by atoms with Crippen molar-refractivity contribution in [3.8, 4) is 34.3 Å². The Hall–Kier alpha value is -4.47. The summed E-state index contributed by atoms with van der Waals surface area (Å²) in [4.78, 5) is 15.4. The molecule has 0 bridgehead atoms. The number of alkyl halides is 3. The highest BCUT2D eigenvalue weighted by molar-refractivity contribution is 5.68. The van der Waals surface area contributed by atoms with E-state index in [0.717, 1.165) is 17.8 Å². The number of nitrogens with zero attached hydrogens (tertiary/aromatic N) is 2. The van der Waals surface area contributed by atoms with Crippen LogP contribution in [-0.2, 0) is 17.6 Å². The van der Waals surface area contributed by atoms with E-state index in [9.17, 15) is 18.0 Å². The standard InChI is InChI=1S/C29H27F3N2O5/c1-18(2)39-24-10-8-23(9-11-24)34-15-22(33-28(34)20-4-6-21(7-5-20)29(30,31)32)16-37-25-12-13-26(19(3)14-25)38-17-27(35)36/h4-15,18H,16-17H2,1-3H3,(H,35,36). The molecule has 0 unspecified atom stereocenters. The normalized spacial score (nSPS) is 11.5. The van der Waals surface area contributed by atoms with Gasteiger partial charge in [-0.3, -0.25) is 4.57 Å². The van der Waals surface area contributed by atoms with Crippen molar-refractivity contribution < 1.29 is 37.3 Å². The van der Waals surface area contributed by atoms with Crippen LogP contribution in [0.1, 0.15) is 30.7 Å². The van der Waals surface area contributed by atoms with Gasteiger partial charge in [0.05, 0.1) is 17.4 Å². The van der Waals surface area contributed by atoms with E-state index in [-0.39, 0.29) is 12.7 Å². The molecule has 0 atom stereocenters. The van der Waals surface area contributed by atoms with Crippen molar-refractivity contribution in [3.05, 3.63) is 89.7 Å². The number of aryl methyl sites for hydroxylation is 1. The molecule has 0 saturated carbocycles. The first-order valence-corrected chi connectivity index (χ1v) is 12.1. The van der Waals surface area contributed by atoms with Gasteiger partial charge in [-0.15, -0.1) is 0 Å². The summed E-state index contributed by atoms with van der Waals surface area (Å²) in [7, 11) is 0. The maximum Gasteiger partial charge on any atom is 0.416 e. The van der Waals surface area contributed by atoms with Crippen LogP contribution in [0.15, 0.2) is 72.9 Å². The Balaban J connectivity index is 1.61. The van der Waals surface area contributed by atoms with Gasteiger partial charge in [0.1, 0.15) is 29.7 Å². The molecule has 0 saturated heterocycles. The van der Waals surface area contributed by atoms with Crippen molar-refractivity contribution in [1.29, 1.82) is 0 Å². The number of aliphatic carboxylic acids is 1. The number of aromatic nitrogens is 2. The van der Waals surface area contributed by atoms with E-state index in [2.05, 4.69) is 4.98 Å². The maximum absolute atomic E-state index is 13.1. The number of halogens is 3. The summed E-state index contributed by atoms with van der Waals surface area (Å²) in [5.74, 6) is 1.03. The van der Waals surface area contributed by atoms with Crippen molar-refractivity contribution in [3.63, 3.8) is 0 Å². The molecule has 39 heavy (non-hydrogen) atoms. The molecule has 0 aliphatic carbocycles. The van der Waals surface area contributed by atoms with Gasteiger partial charge in [0.2, 0.25) is 0 Å². The minimum absolute atomic E-state index is 0.0111. The first-order valence-electron chi connectivity index (χ1n) is 12.1. The predicted molar refractivity (Wildman–Crippen MR) is 138 cm³/mol. The number of ether oxygens (including phenoxy) is 3. The molecular formula is C29H27F3N2O5. The topological polar surface area (TPSA) is 82.8 Å². The van der Waals surface area contributed by atoms with Crippen LogP contribution in [0, 0.1) is 6.92 Å². The number of imidazole rings is 1. The minimum Gasteiger partial charge on any atom is -0.491 e. The summed E-state index contributed by atoms with van der Waals surface area (Å²) < 4.78 is 58.0. The Bertz CT molecular complexity index is 1430. The third kappa shape index (κ3) is 7.10. The van der Waals surface area contributed by atoms with E-state index >= 15 is 0 Å². The van der Waals surface area contributed by atoms with E-state index in [1.807, 2.05) is 38.1 Å². The zero-order valence-electron chi connectivity index (χ0n) is 21.5. The van der Waals surface area contributed by atoms with E-state index < -0.39 is 24.3 Å². The van der Waals surface area contributed by atoms with Gasteiger partial charge in [0, 0.05) is 17.4 Å². The Morgan fingerprint density at radius 1 is 0.974 bits per heavy atom. The Morgan fingerprint density at radius 3 is 2.23 bits per heavy atom. The summed E-state index contributed by atoms with van der Waals surface area (Å²) in [6.45, 7) is 5.27. The monoisotopic (exact) mass is 540 g/mol. The molecule has 10 heteroatoms. The zero-order valence-corrected chi connectivity index (χ0v) is 21.5. The summed E-state index contributed by atoms with van der Waals surface area (Å²) in [5.41, 5.74) is 1.77. The second kappa shape index (κ2) is 11.5. The molecule has 1 aromatic heterocycles. The second-order valence-corrected chi connectivity index (χ2v) is 9.06. The molecule has 0 aliphatic heterocycles. The highest BCUT2D eigenvalue weighted by atomic mass is 19.4. The molecule has 0 spiro atoms. The molecule has 7 nitrogen and oxygen atoms in total. The lowest BCUT2D eigenvalue weighted by Crippen LogP contribution is -2.10. The van der Waals surface area contributed by atoms with Crippen molar-refractivity contribution in [1.82, 2.24) is 9.55 Å². The van der Waals surface area contributed by atoms with Crippen LogP contribution in [0.25, 0.3) is 17.1 Å². The van der Waals surface area contributed by atoms with Gasteiger partial charge in [0.15, 0.2) is 6.61 Å². The van der Waals surface area contributed by atoms with Gasteiger partial charge in [-0.1, -0.05) is 12.1 Å². The van der Waals surface area contributed by atoms with Gasteiger partial charge in [0.25, 0.3) is 0 Å². The van der Waals surface area contributed by atoms with Crippen molar-refractivity contribution in [2.45, 2.75) is 39.7 Å². The lowest BCUT2D eigenvalue weighted by molar-refractivity contribution is -0.139. The van der Waals surface area contributed by atoms with E-state index in [0.29, 0.717) is 39.9 Å². The molecule has 4 aromatic rings. The van der Waals surface area contributed by atoms with Crippen LogP contribution in [0.2, 0.25) is 0 Å². The van der Waals surface area contributed by atoms with E-state index in [4.69, 9.17) is 19.3 Å². The average molecular weight is 541 g/mol. The summed E-state index contributed by atoms with van der Waals surface area (Å²) in [6, 6.07) is 17.2. The van der Waals surface area contributed by atoms with Gasteiger partial charge in [-0.25, -0.2) is 9.78 Å². The lowest BCUT2D eigenvalue weighted by Gasteiger charge is -2.12. The number of rotatable bonds is 10. The van der Waals surface area contributed by atoms with Gasteiger partial charge in [-0.2, -0.15) is 13.2 Å².